The Labute approximate surface area is 68.6 Å². The molecule has 60 valence electrons. The highest BCUT2D eigenvalue weighted by molar-refractivity contribution is 5.76. The summed E-state index contributed by atoms with van der Waals surface area (Å²) in [5, 5.41) is 10.1. The van der Waals surface area contributed by atoms with Crippen LogP contribution in [-0.2, 0) is 6.54 Å². The van der Waals surface area contributed by atoms with Gasteiger partial charge in [-0.25, -0.2) is 0 Å². The van der Waals surface area contributed by atoms with Gasteiger partial charge in [-0.2, -0.15) is 5.10 Å². The fourth-order valence-electron chi connectivity index (χ4n) is 1.50. The Bertz CT molecular complexity index is 375. The van der Waals surface area contributed by atoms with Gasteiger partial charge in [-0.3, -0.25) is 5.10 Å². The average Bonchev–Trinajstić information content (AvgIpc) is 2.71. The van der Waals surface area contributed by atoms with Gasteiger partial charge in [0.25, 0.3) is 0 Å². The van der Waals surface area contributed by atoms with Crippen molar-refractivity contribution in [1.82, 2.24) is 10.2 Å². The predicted octanol–water partition coefficient (Wildman–Crippen LogP) is 1.60. The maximum atomic E-state index is 5.22. The number of fused-ring (bicyclic) bond motifs is 3. The van der Waals surface area contributed by atoms with Gasteiger partial charge in [0.15, 0.2) is 0 Å². The summed E-state index contributed by atoms with van der Waals surface area (Å²) in [7, 11) is 0. The Balaban J connectivity index is 2.32. The third kappa shape index (κ3) is 0.592. The molecule has 0 aliphatic carbocycles. The molecule has 0 fully saturated rings. The summed E-state index contributed by atoms with van der Waals surface area (Å²) in [5.74, 6) is 0.826. The second-order valence-electron chi connectivity index (χ2n) is 2.79. The van der Waals surface area contributed by atoms with Crippen molar-refractivity contribution in [2.45, 2.75) is 6.54 Å². The van der Waals surface area contributed by atoms with Crippen molar-refractivity contribution >= 4 is 5.88 Å². The Morgan fingerprint density at radius 1 is 1.50 bits per heavy atom. The van der Waals surface area contributed by atoms with Gasteiger partial charge in [0.05, 0.1) is 23.7 Å². The quantitative estimate of drug-likeness (QED) is 0.617. The van der Waals surface area contributed by atoms with E-state index < -0.39 is 0 Å². The molecule has 0 atom stereocenters. The van der Waals surface area contributed by atoms with Gasteiger partial charge < -0.3 is 9.73 Å². The number of nitrogens with zero attached hydrogens (tertiary/aromatic N) is 1. The lowest BCUT2D eigenvalue weighted by atomic mass is 10.1. The summed E-state index contributed by atoms with van der Waals surface area (Å²) in [6, 6.07) is 1.93. The van der Waals surface area contributed by atoms with Crippen molar-refractivity contribution in [3.05, 3.63) is 24.1 Å². The minimum absolute atomic E-state index is 0.784. The van der Waals surface area contributed by atoms with Gasteiger partial charge in [-0.15, -0.1) is 0 Å². The van der Waals surface area contributed by atoms with Crippen molar-refractivity contribution < 1.29 is 4.42 Å². The Morgan fingerprint density at radius 3 is 3.50 bits per heavy atom. The number of aromatic nitrogens is 2. The minimum atomic E-state index is 0.784. The molecule has 1 aliphatic rings. The Hall–Kier alpha value is -1.71. The molecule has 0 bridgehead atoms. The number of rotatable bonds is 0. The average molecular weight is 161 g/mol. The van der Waals surface area contributed by atoms with Crippen molar-refractivity contribution in [1.29, 1.82) is 0 Å². The normalized spacial score (nSPS) is 13.3. The maximum Gasteiger partial charge on any atom is 0.202 e. The van der Waals surface area contributed by atoms with Gasteiger partial charge in [-0.05, 0) is 6.07 Å². The van der Waals surface area contributed by atoms with Crippen LogP contribution in [0.3, 0.4) is 0 Å². The van der Waals surface area contributed by atoms with E-state index in [0.29, 0.717) is 0 Å². The number of furan rings is 1. The van der Waals surface area contributed by atoms with Crippen molar-refractivity contribution in [3.8, 4) is 11.3 Å². The van der Waals surface area contributed by atoms with Crippen LogP contribution in [0.2, 0.25) is 0 Å². The van der Waals surface area contributed by atoms with Crippen LogP contribution in [0.4, 0.5) is 5.88 Å². The lowest BCUT2D eigenvalue weighted by molar-refractivity contribution is 0.578. The summed E-state index contributed by atoms with van der Waals surface area (Å²) >= 11 is 0. The number of nitrogens with one attached hydrogen (secondary N) is 2. The summed E-state index contributed by atoms with van der Waals surface area (Å²) < 4.78 is 5.22. The van der Waals surface area contributed by atoms with E-state index in [2.05, 4.69) is 15.5 Å². The summed E-state index contributed by atoms with van der Waals surface area (Å²) in [4.78, 5) is 0. The standard InChI is InChI=1S/C8H7N3O/c1-2-12-8-6(1)7-5(3-9-8)4-10-11-7/h1-2,4,9H,3H2,(H,10,11). The lowest BCUT2D eigenvalue weighted by Crippen LogP contribution is -2.04. The first-order chi connectivity index (χ1) is 5.95. The van der Waals surface area contributed by atoms with E-state index in [9.17, 15) is 0 Å². The Morgan fingerprint density at radius 2 is 2.50 bits per heavy atom. The van der Waals surface area contributed by atoms with Crippen LogP contribution in [0.15, 0.2) is 22.9 Å². The summed E-state index contributed by atoms with van der Waals surface area (Å²) in [5.41, 5.74) is 3.31. The van der Waals surface area contributed by atoms with Crippen LogP contribution in [0.5, 0.6) is 0 Å². The molecular formula is C8H7N3O. The molecule has 3 rings (SSSR count). The largest absolute Gasteiger partial charge is 0.448 e. The zero-order valence-corrected chi connectivity index (χ0v) is 6.29. The molecule has 4 nitrogen and oxygen atoms in total. The van der Waals surface area contributed by atoms with E-state index in [1.807, 2.05) is 12.3 Å². The third-order valence-corrected chi connectivity index (χ3v) is 2.09. The molecule has 0 aromatic carbocycles. The molecule has 3 heterocycles. The van der Waals surface area contributed by atoms with Gasteiger partial charge in [0.2, 0.25) is 5.88 Å². The van der Waals surface area contributed by atoms with E-state index >= 15 is 0 Å². The molecule has 2 aromatic rings. The molecule has 2 aromatic heterocycles. The SMILES string of the molecule is c1cc2c(o1)NCc1cn[nH]c1-2. The van der Waals surface area contributed by atoms with Gasteiger partial charge in [0.1, 0.15) is 0 Å². The molecule has 1 aliphatic heterocycles. The summed E-state index contributed by atoms with van der Waals surface area (Å²) in [6.45, 7) is 0.784. The molecule has 0 saturated heterocycles. The first-order valence-electron chi connectivity index (χ1n) is 3.79. The molecule has 0 amide bonds. The molecule has 0 saturated carbocycles. The molecule has 12 heavy (non-hydrogen) atoms. The van der Waals surface area contributed by atoms with Crippen molar-refractivity contribution in [3.63, 3.8) is 0 Å². The minimum Gasteiger partial charge on any atom is -0.448 e. The molecule has 0 radical (unpaired) electrons. The predicted molar refractivity (Wildman–Crippen MR) is 43.6 cm³/mol. The van der Waals surface area contributed by atoms with Crippen LogP contribution in [-0.4, -0.2) is 10.2 Å². The number of aromatic amines is 1. The highest BCUT2D eigenvalue weighted by atomic mass is 16.3. The van der Waals surface area contributed by atoms with E-state index in [-0.39, 0.29) is 0 Å². The number of hydrogen-bond donors (Lipinski definition) is 2. The van der Waals surface area contributed by atoms with E-state index in [1.54, 1.807) is 6.26 Å². The number of hydrogen-bond acceptors (Lipinski definition) is 3. The second-order valence-corrected chi connectivity index (χ2v) is 2.79. The molecular weight excluding hydrogens is 154 g/mol. The molecule has 0 unspecified atom stereocenters. The molecule has 2 N–H and O–H groups in total. The van der Waals surface area contributed by atoms with Crippen LogP contribution < -0.4 is 5.32 Å². The van der Waals surface area contributed by atoms with Gasteiger partial charge in [-0.1, -0.05) is 0 Å². The van der Waals surface area contributed by atoms with Crippen molar-refractivity contribution in [2.75, 3.05) is 5.32 Å². The second kappa shape index (κ2) is 1.91. The molecule has 0 spiro atoms. The highest BCUT2D eigenvalue weighted by Gasteiger charge is 2.18. The van der Waals surface area contributed by atoms with Crippen LogP contribution >= 0.6 is 0 Å². The smallest absolute Gasteiger partial charge is 0.202 e. The zero-order chi connectivity index (χ0) is 7.97. The molecule has 4 heteroatoms. The fraction of sp³-hybridized carbons (Fsp3) is 0.125. The first kappa shape index (κ1) is 5.88. The van der Waals surface area contributed by atoms with E-state index in [4.69, 9.17) is 4.42 Å². The van der Waals surface area contributed by atoms with Gasteiger partial charge >= 0.3 is 0 Å². The van der Waals surface area contributed by atoms with Crippen LogP contribution in [0.1, 0.15) is 5.56 Å². The monoisotopic (exact) mass is 161 g/mol. The van der Waals surface area contributed by atoms with Crippen LogP contribution in [0, 0.1) is 0 Å². The Kier molecular flexibility index (Phi) is 0.935. The highest BCUT2D eigenvalue weighted by Crippen LogP contribution is 2.34. The van der Waals surface area contributed by atoms with Crippen LogP contribution in [0.25, 0.3) is 11.3 Å². The third-order valence-electron chi connectivity index (χ3n) is 2.09. The first-order valence-corrected chi connectivity index (χ1v) is 3.79. The zero-order valence-electron chi connectivity index (χ0n) is 6.29. The number of H-pyrrole nitrogens is 1. The van der Waals surface area contributed by atoms with Crippen molar-refractivity contribution in [2.24, 2.45) is 0 Å². The maximum absolute atomic E-state index is 5.22. The lowest BCUT2D eigenvalue weighted by Gasteiger charge is -2.11. The van der Waals surface area contributed by atoms with E-state index in [0.717, 1.165) is 23.7 Å². The van der Waals surface area contributed by atoms with Gasteiger partial charge in [0, 0.05) is 12.1 Å². The van der Waals surface area contributed by atoms with E-state index in [1.165, 1.54) is 5.56 Å². The fourth-order valence-corrected chi connectivity index (χ4v) is 1.50. The topological polar surface area (TPSA) is 53.9 Å². The number of anilines is 1. The summed E-state index contributed by atoms with van der Waals surface area (Å²) in [6.07, 6.45) is 3.51.